The summed E-state index contributed by atoms with van der Waals surface area (Å²) in [5.41, 5.74) is 0.353. The summed E-state index contributed by atoms with van der Waals surface area (Å²) in [6.45, 7) is 4.15. The summed E-state index contributed by atoms with van der Waals surface area (Å²) >= 11 is 5.96. The number of benzene rings is 1. The van der Waals surface area contributed by atoms with Gasteiger partial charge in [-0.1, -0.05) is 11.6 Å². The standard InChI is InChI=1S/C17H20ClN3O2/c1-11-4-3-5-12(2)21(11)16(22)9-20-10-19-15-7-6-13(18)8-14(15)17(20)23/h6-8,10-12H,3-5,9H2,1-2H3/t11-,12+. The highest BCUT2D eigenvalue weighted by Crippen LogP contribution is 2.22. The number of hydrogen-bond donors (Lipinski definition) is 0. The van der Waals surface area contributed by atoms with Gasteiger partial charge in [0, 0.05) is 17.1 Å². The Balaban J connectivity index is 1.90. The first-order valence-corrected chi connectivity index (χ1v) is 8.31. The van der Waals surface area contributed by atoms with Crippen LogP contribution in [-0.2, 0) is 11.3 Å². The van der Waals surface area contributed by atoms with E-state index in [1.165, 1.54) is 10.9 Å². The van der Waals surface area contributed by atoms with Crippen molar-refractivity contribution in [3.63, 3.8) is 0 Å². The highest BCUT2D eigenvalue weighted by atomic mass is 35.5. The molecular weight excluding hydrogens is 314 g/mol. The molecule has 3 rings (SSSR count). The van der Waals surface area contributed by atoms with Crippen LogP contribution < -0.4 is 5.56 Å². The minimum atomic E-state index is -0.233. The molecule has 0 saturated carbocycles. The largest absolute Gasteiger partial charge is 0.336 e. The molecule has 2 atom stereocenters. The average Bonchev–Trinajstić information content (AvgIpc) is 2.50. The Kier molecular flexibility index (Phi) is 4.39. The zero-order valence-electron chi connectivity index (χ0n) is 13.3. The lowest BCUT2D eigenvalue weighted by Gasteiger charge is -2.39. The Labute approximate surface area is 139 Å². The van der Waals surface area contributed by atoms with Gasteiger partial charge in [-0.05, 0) is 51.3 Å². The van der Waals surface area contributed by atoms with Crippen molar-refractivity contribution in [2.75, 3.05) is 0 Å². The number of halogens is 1. The molecule has 0 radical (unpaired) electrons. The predicted molar refractivity (Wildman–Crippen MR) is 90.6 cm³/mol. The van der Waals surface area contributed by atoms with E-state index < -0.39 is 0 Å². The molecule has 1 aromatic carbocycles. The smallest absolute Gasteiger partial charge is 0.261 e. The zero-order valence-corrected chi connectivity index (χ0v) is 14.1. The first-order chi connectivity index (χ1) is 11.0. The van der Waals surface area contributed by atoms with Gasteiger partial charge in [-0.2, -0.15) is 0 Å². The molecule has 23 heavy (non-hydrogen) atoms. The molecule has 6 heteroatoms. The minimum Gasteiger partial charge on any atom is -0.336 e. The van der Waals surface area contributed by atoms with Crippen molar-refractivity contribution in [1.29, 1.82) is 0 Å². The number of likely N-dealkylation sites (tertiary alicyclic amines) is 1. The van der Waals surface area contributed by atoms with Crippen LogP contribution in [-0.4, -0.2) is 32.4 Å². The van der Waals surface area contributed by atoms with E-state index >= 15 is 0 Å². The fourth-order valence-electron chi connectivity index (χ4n) is 3.38. The minimum absolute atomic E-state index is 0.0168. The van der Waals surface area contributed by atoms with Gasteiger partial charge in [0.05, 0.1) is 17.2 Å². The summed E-state index contributed by atoms with van der Waals surface area (Å²) in [4.78, 5) is 31.4. The van der Waals surface area contributed by atoms with Crippen molar-refractivity contribution < 1.29 is 4.79 Å². The van der Waals surface area contributed by atoms with Gasteiger partial charge in [0.25, 0.3) is 5.56 Å². The van der Waals surface area contributed by atoms with Gasteiger partial charge < -0.3 is 4.90 Å². The van der Waals surface area contributed by atoms with E-state index in [1.54, 1.807) is 18.2 Å². The molecule has 1 saturated heterocycles. The van der Waals surface area contributed by atoms with Gasteiger partial charge >= 0.3 is 0 Å². The summed E-state index contributed by atoms with van der Waals surface area (Å²) in [7, 11) is 0. The van der Waals surface area contributed by atoms with E-state index in [2.05, 4.69) is 18.8 Å². The third kappa shape index (κ3) is 3.11. The maximum atomic E-state index is 12.7. The number of carbonyl (C=O) groups excluding carboxylic acids is 1. The quantitative estimate of drug-likeness (QED) is 0.849. The van der Waals surface area contributed by atoms with Crippen LogP contribution in [0.2, 0.25) is 5.02 Å². The molecule has 0 N–H and O–H groups in total. The topological polar surface area (TPSA) is 55.2 Å². The Hall–Kier alpha value is -1.88. The number of aromatic nitrogens is 2. The van der Waals surface area contributed by atoms with Crippen LogP contribution in [0.4, 0.5) is 0 Å². The van der Waals surface area contributed by atoms with Gasteiger partial charge in [-0.3, -0.25) is 14.2 Å². The van der Waals surface area contributed by atoms with E-state index in [-0.39, 0.29) is 30.1 Å². The maximum absolute atomic E-state index is 12.7. The summed E-state index contributed by atoms with van der Waals surface area (Å²) in [5.74, 6) is -0.0324. The van der Waals surface area contributed by atoms with Crippen LogP contribution in [0.3, 0.4) is 0 Å². The molecule has 2 heterocycles. The van der Waals surface area contributed by atoms with Crippen LogP contribution in [0.25, 0.3) is 10.9 Å². The molecule has 0 unspecified atom stereocenters. The second-order valence-corrected chi connectivity index (χ2v) is 6.71. The number of piperidine rings is 1. The van der Waals surface area contributed by atoms with Crippen LogP contribution in [0, 0.1) is 0 Å². The Morgan fingerprint density at radius 2 is 2.00 bits per heavy atom. The van der Waals surface area contributed by atoms with Gasteiger partial charge in [-0.25, -0.2) is 4.98 Å². The number of nitrogens with zero attached hydrogens (tertiary/aromatic N) is 3. The van der Waals surface area contributed by atoms with Crippen LogP contribution in [0.5, 0.6) is 0 Å². The monoisotopic (exact) mass is 333 g/mol. The Morgan fingerprint density at radius 3 is 2.70 bits per heavy atom. The number of hydrogen-bond acceptors (Lipinski definition) is 3. The highest BCUT2D eigenvalue weighted by molar-refractivity contribution is 6.31. The van der Waals surface area contributed by atoms with Crippen molar-refractivity contribution >= 4 is 28.4 Å². The lowest BCUT2D eigenvalue weighted by Crippen LogP contribution is -2.49. The molecule has 1 fully saturated rings. The van der Waals surface area contributed by atoms with Crippen LogP contribution in [0.1, 0.15) is 33.1 Å². The summed E-state index contributed by atoms with van der Waals surface area (Å²) in [6.07, 6.45) is 4.60. The average molecular weight is 334 g/mol. The number of fused-ring (bicyclic) bond motifs is 1. The normalized spacial score (nSPS) is 21.6. The summed E-state index contributed by atoms with van der Waals surface area (Å²) in [6, 6.07) is 5.43. The summed E-state index contributed by atoms with van der Waals surface area (Å²) in [5, 5.41) is 0.922. The zero-order chi connectivity index (χ0) is 16.6. The molecule has 0 spiro atoms. The third-order valence-electron chi connectivity index (χ3n) is 4.57. The molecule has 122 valence electrons. The number of amides is 1. The van der Waals surface area contributed by atoms with Gasteiger partial charge in [0.15, 0.2) is 0 Å². The predicted octanol–water partition coefficient (Wildman–Crippen LogP) is 2.84. The van der Waals surface area contributed by atoms with E-state index in [9.17, 15) is 9.59 Å². The highest BCUT2D eigenvalue weighted by Gasteiger charge is 2.29. The Morgan fingerprint density at radius 1 is 1.30 bits per heavy atom. The number of carbonyl (C=O) groups is 1. The second-order valence-electron chi connectivity index (χ2n) is 6.27. The van der Waals surface area contributed by atoms with Gasteiger partial charge in [0.1, 0.15) is 6.54 Å². The maximum Gasteiger partial charge on any atom is 0.261 e. The van der Waals surface area contributed by atoms with Gasteiger partial charge in [-0.15, -0.1) is 0 Å². The van der Waals surface area contributed by atoms with Crippen molar-refractivity contribution in [2.24, 2.45) is 0 Å². The third-order valence-corrected chi connectivity index (χ3v) is 4.81. The molecule has 1 aliphatic rings. The van der Waals surface area contributed by atoms with Crippen molar-refractivity contribution in [2.45, 2.75) is 51.7 Å². The van der Waals surface area contributed by atoms with Crippen molar-refractivity contribution in [1.82, 2.24) is 14.5 Å². The first kappa shape index (κ1) is 16.0. The van der Waals surface area contributed by atoms with E-state index in [0.717, 1.165) is 19.3 Å². The fourth-order valence-corrected chi connectivity index (χ4v) is 3.56. The summed E-state index contributed by atoms with van der Waals surface area (Å²) < 4.78 is 1.37. The molecule has 1 amide bonds. The fraction of sp³-hybridized carbons (Fsp3) is 0.471. The van der Waals surface area contributed by atoms with Crippen LogP contribution in [0.15, 0.2) is 29.3 Å². The lowest BCUT2D eigenvalue weighted by molar-refractivity contribution is -0.138. The second kappa shape index (κ2) is 6.32. The van der Waals surface area contributed by atoms with Gasteiger partial charge in [0.2, 0.25) is 5.91 Å². The molecule has 5 nitrogen and oxygen atoms in total. The SMILES string of the molecule is C[C@@H]1CCC[C@H](C)N1C(=O)Cn1cnc2ccc(Cl)cc2c1=O. The molecular formula is C17H20ClN3O2. The van der Waals surface area contributed by atoms with E-state index in [1.807, 2.05) is 4.90 Å². The van der Waals surface area contributed by atoms with E-state index in [0.29, 0.717) is 15.9 Å². The molecule has 0 aliphatic carbocycles. The van der Waals surface area contributed by atoms with Crippen molar-refractivity contribution in [3.8, 4) is 0 Å². The molecule has 1 aromatic heterocycles. The van der Waals surface area contributed by atoms with Crippen LogP contribution >= 0.6 is 11.6 Å². The molecule has 1 aliphatic heterocycles. The number of rotatable bonds is 2. The molecule has 2 aromatic rings. The van der Waals surface area contributed by atoms with Crippen molar-refractivity contribution in [3.05, 3.63) is 39.9 Å². The Bertz CT molecular complexity index is 792. The molecule has 0 bridgehead atoms. The lowest BCUT2D eigenvalue weighted by atomic mass is 9.97. The van der Waals surface area contributed by atoms with E-state index in [4.69, 9.17) is 11.6 Å². The first-order valence-electron chi connectivity index (χ1n) is 7.93.